The Kier molecular flexibility index (Phi) is 2.29. The quantitative estimate of drug-likeness (QED) is 0.842. The fraction of sp³-hybridized carbons (Fsp3) is 0.385. The molecule has 5 nitrogen and oxygen atoms in total. The third-order valence-corrected chi connectivity index (χ3v) is 3.94. The molecule has 0 spiro atoms. The first-order chi connectivity index (χ1) is 8.59. The van der Waals surface area contributed by atoms with E-state index >= 15 is 0 Å². The van der Waals surface area contributed by atoms with Crippen molar-refractivity contribution in [3.05, 3.63) is 34.2 Å². The Labute approximate surface area is 103 Å². The van der Waals surface area contributed by atoms with Crippen LogP contribution in [0.3, 0.4) is 0 Å². The molecule has 0 saturated heterocycles. The number of rotatable bonds is 2. The van der Waals surface area contributed by atoms with E-state index in [-0.39, 0.29) is 17.5 Å². The maximum atomic E-state index is 11.6. The fourth-order valence-electron chi connectivity index (χ4n) is 2.80. The Hall–Kier alpha value is -2.04. The lowest BCUT2D eigenvalue weighted by molar-refractivity contribution is -0.145. The summed E-state index contributed by atoms with van der Waals surface area (Å²) in [7, 11) is 1.71. The Bertz CT molecular complexity index is 683. The Morgan fingerprint density at radius 2 is 2.22 bits per heavy atom. The van der Waals surface area contributed by atoms with Crippen molar-refractivity contribution in [3.8, 4) is 0 Å². The van der Waals surface area contributed by atoms with Crippen molar-refractivity contribution in [2.24, 2.45) is 13.0 Å². The molecule has 1 aliphatic carbocycles. The van der Waals surface area contributed by atoms with Gasteiger partial charge in [-0.05, 0) is 30.4 Å². The van der Waals surface area contributed by atoms with Crippen LogP contribution in [0, 0.1) is 5.92 Å². The van der Waals surface area contributed by atoms with Crippen molar-refractivity contribution in [1.82, 2.24) is 9.55 Å². The molecule has 0 aliphatic heterocycles. The molecular formula is C13H14N2O3. The highest BCUT2D eigenvalue weighted by atomic mass is 16.4. The van der Waals surface area contributed by atoms with Gasteiger partial charge in [-0.25, -0.2) is 4.79 Å². The normalized spacial score (nSPS) is 22.9. The molecule has 94 valence electrons. The number of imidazole rings is 1. The molecule has 3 rings (SSSR count). The molecule has 1 aromatic carbocycles. The van der Waals surface area contributed by atoms with Crippen LogP contribution < -0.4 is 5.69 Å². The third-order valence-electron chi connectivity index (χ3n) is 3.94. The largest absolute Gasteiger partial charge is 0.481 e. The molecule has 0 amide bonds. The molecule has 2 unspecified atom stereocenters. The van der Waals surface area contributed by atoms with Gasteiger partial charge < -0.3 is 10.1 Å². The number of aliphatic carboxylic acids is 1. The number of carboxylic acids is 1. The first kappa shape index (κ1) is 11.1. The van der Waals surface area contributed by atoms with Crippen LogP contribution in [-0.4, -0.2) is 20.6 Å². The Morgan fingerprint density at radius 3 is 2.83 bits per heavy atom. The number of nitrogens with zero attached hydrogens (tertiary/aromatic N) is 1. The fourth-order valence-corrected chi connectivity index (χ4v) is 2.80. The van der Waals surface area contributed by atoms with E-state index < -0.39 is 5.97 Å². The lowest BCUT2D eigenvalue weighted by Crippen LogP contribution is -2.31. The molecule has 2 atom stereocenters. The summed E-state index contributed by atoms with van der Waals surface area (Å²) in [5.74, 6) is -1.04. The summed E-state index contributed by atoms with van der Waals surface area (Å²) in [6, 6.07) is 5.63. The first-order valence-corrected chi connectivity index (χ1v) is 6.00. The monoisotopic (exact) mass is 246 g/mol. The summed E-state index contributed by atoms with van der Waals surface area (Å²) < 4.78 is 1.56. The van der Waals surface area contributed by atoms with Crippen LogP contribution in [-0.2, 0) is 11.8 Å². The van der Waals surface area contributed by atoms with E-state index in [9.17, 15) is 9.59 Å². The second-order valence-electron chi connectivity index (χ2n) is 4.86. The lowest BCUT2D eigenvalue weighted by atomic mass is 9.70. The van der Waals surface area contributed by atoms with Crippen LogP contribution >= 0.6 is 0 Å². The average molecular weight is 246 g/mol. The molecule has 1 aromatic heterocycles. The van der Waals surface area contributed by atoms with Crippen LogP contribution in [0.4, 0.5) is 0 Å². The summed E-state index contributed by atoms with van der Waals surface area (Å²) in [6.45, 7) is 0. The van der Waals surface area contributed by atoms with Crippen LogP contribution in [0.5, 0.6) is 0 Å². The minimum absolute atomic E-state index is 0.0209. The predicted molar refractivity (Wildman–Crippen MR) is 66.6 cm³/mol. The van der Waals surface area contributed by atoms with Gasteiger partial charge in [0, 0.05) is 7.05 Å². The number of hydrogen-bond acceptors (Lipinski definition) is 2. The van der Waals surface area contributed by atoms with E-state index in [0.717, 1.165) is 29.4 Å². The number of benzene rings is 1. The number of nitrogens with one attached hydrogen (secondary N) is 1. The van der Waals surface area contributed by atoms with Crippen molar-refractivity contribution in [3.63, 3.8) is 0 Å². The molecule has 1 fully saturated rings. The third kappa shape index (κ3) is 1.40. The molecular weight excluding hydrogens is 232 g/mol. The zero-order valence-corrected chi connectivity index (χ0v) is 10.0. The maximum absolute atomic E-state index is 11.6. The zero-order valence-electron chi connectivity index (χ0n) is 10.0. The number of aromatic amines is 1. The smallest absolute Gasteiger partial charge is 0.326 e. The van der Waals surface area contributed by atoms with Crippen molar-refractivity contribution in [2.45, 2.75) is 18.8 Å². The van der Waals surface area contributed by atoms with E-state index in [1.807, 2.05) is 18.2 Å². The molecule has 2 aromatic rings. The van der Waals surface area contributed by atoms with Gasteiger partial charge in [0.1, 0.15) is 0 Å². The zero-order chi connectivity index (χ0) is 12.9. The van der Waals surface area contributed by atoms with Crippen LogP contribution in [0.1, 0.15) is 24.3 Å². The Morgan fingerprint density at radius 1 is 1.44 bits per heavy atom. The molecule has 0 radical (unpaired) electrons. The molecule has 1 heterocycles. The average Bonchev–Trinajstić information content (AvgIpc) is 2.53. The number of fused-ring (bicyclic) bond motifs is 1. The lowest BCUT2D eigenvalue weighted by Gasteiger charge is -2.34. The van der Waals surface area contributed by atoms with Gasteiger partial charge in [-0.1, -0.05) is 12.1 Å². The molecule has 2 N–H and O–H groups in total. The number of aryl methyl sites for hydroxylation is 1. The topological polar surface area (TPSA) is 75.1 Å². The van der Waals surface area contributed by atoms with Gasteiger partial charge in [0.2, 0.25) is 0 Å². The highest BCUT2D eigenvalue weighted by Crippen LogP contribution is 2.44. The van der Waals surface area contributed by atoms with Crippen molar-refractivity contribution >= 4 is 17.0 Å². The van der Waals surface area contributed by atoms with Crippen molar-refractivity contribution < 1.29 is 9.90 Å². The standard InChI is InChI=1S/C13H14N2O3/c1-15-11-8(7-5-6-9(7)12(16)17)3-2-4-10(11)14-13(15)18/h2-4,7,9H,5-6H2,1H3,(H,14,18)(H,16,17). The summed E-state index contributed by atoms with van der Waals surface area (Å²) in [6.07, 6.45) is 1.59. The van der Waals surface area contributed by atoms with Gasteiger partial charge in [-0.15, -0.1) is 0 Å². The molecule has 0 bridgehead atoms. The molecule has 18 heavy (non-hydrogen) atoms. The molecule has 1 aliphatic rings. The second kappa shape index (κ2) is 3.73. The predicted octanol–water partition coefficient (Wildman–Crippen LogP) is 1.44. The summed E-state index contributed by atoms with van der Waals surface area (Å²) in [5.41, 5.74) is 2.41. The van der Waals surface area contributed by atoms with Gasteiger partial charge in [0.25, 0.3) is 0 Å². The van der Waals surface area contributed by atoms with Gasteiger partial charge in [-0.3, -0.25) is 9.36 Å². The summed E-state index contributed by atoms with van der Waals surface area (Å²) in [4.78, 5) is 25.5. The van der Waals surface area contributed by atoms with Crippen molar-refractivity contribution in [2.75, 3.05) is 0 Å². The van der Waals surface area contributed by atoms with E-state index in [0.29, 0.717) is 0 Å². The van der Waals surface area contributed by atoms with Gasteiger partial charge >= 0.3 is 11.7 Å². The number of carboxylic acid groups (broad SMARTS) is 1. The van der Waals surface area contributed by atoms with Crippen LogP contribution in [0.2, 0.25) is 0 Å². The van der Waals surface area contributed by atoms with Crippen LogP contribution in [0.25, 0.3) is 11.0 Å². The van der Waals surface area contributed by atoms with Crippen LogP contribution in [0.15, 0.2) is 23.0 Å². The molecule has 5 heteroatoms. The van der Waals surface area contributed by atoms with E-state index in [2.05, 4.69) is 4.98 Å². The number of hydrogen-bond donors (Lipinski definition) is 2. The van der Waals surface area contributed by atoms with E-state index in [4.69, 9.17) is 5.11 Å². The van der Waals surface area contributed by atoms with E-state index in [1.165, 1.54) is 0 Å². The Balaban J connectivity index is 2.18. The summed E-state index contributed by atoms with van der Waals surface area (Å²) >= 11 is 0. The second-order valence-corrected chi connectivity index (χ2v) is 4.86. The minimum Gasteiger partial charge on any atom is -0.481 e. The van der Waals surface area contributed by atoms with Gasteiger partial charge in [0.15, 0.2) is 0 Å². The highest BCUT2D eigenvalue weighted by Gasteiger charge is 2.38. The van der Waals surface area contributed by atoms with Gasteiger partial charge in [-0.2, -0.15) is 0 Å². The van der Waals surface area contributed by atoms with Crippen molar-refractivity contribution in [1.29, 1.82) is 0 Å². The SMILES string of the molecule is Cn1c(=O)[nH]c2cccc(C3CCC3C(=O)O)c21. The number of aromatic nitrogens is 2. The first-order valence-electron chi connectivity index (χ1n) is 6.00. The number of para-hydroxylation sites is 1. The summed E-state index contributed by atoms with van der Waals surface area (Å²) in [5, 5.41) is 9.14. The number of H-pyrrole nitrogens is 1. The van der Waals surface area contributed by atoms with Gasteiger partial charge in [0.05, 0.1) is 17.0 Å². The molecule has 1 saturated carbocycles. The highest BCUT2D eigenvalue weighted by molar-refractivity contribution is 5.81. The maximum Gasteiger partial charge on any atom is 0.326 e. The number of carbonyl (C=O) groups is 1. The minimum atomic E-state index is -0.746. The van der Waals surface area contributed by atoms with E-state index in [1.54, 1.807) is 11.6 Å².